The molecule has 0 atom stereocenters. The summed E-state index contributed by atoms with van der Waals surface area (Å²) in [7, 11) is 0. The topological polar surface area (TPSA) is 82.1 Å². The van der Waals surface area contributed by atoms with Crippen molar-refractivity contribution in [2.24, 2.45) is 0 Å². The second kappa shape index (κ2) is 14.4. The number of nitrogens with zero attached hydrogens (tertiary/aromatic N) is 6. The third kappa shape index (κ3) is 7.52. The van der Waals surface area contributed by atoms with Crippen molar-refractivity contribution in [3.8, 4) is 0 Å². The van der Waals surface area contributed by atoms with Crippen molar-refractivity contribution in [3.63, 3.8) is 0 Å². The molecule has 2 aliphatic rings. The van der Waals surface area contributed by atoms with Gasteiger partial charge in [0, 0.05) is 76.4 Å². The van der Waals surface area contributed by atoms with E-state index in [1.807, 2.05) is 52.3 Å². The van der Waals surface area contributed by atoms with Crippen LogP contribution >= 0.6 is 0 Å². The van der Waals surface area contributed by atoms with E-state index in [-0.39, 0.29) is 11.8 Å². The highest BCUT2D eigenvalue weighted by Crippen LogP contribution is 2.25. The maximum absolute atomic E-state index is 13.9. The Bertz CT molecular complexity index is 1310. The van der Waals surface area contributed by atoms with Crippen LogP contribution in [0.15, 0.2) is 67.0 Å². The number of morpholine rings is 1. The van der Waals surface area contributed by atoms with Crippen molar-refractivity contribution in [1.82, 2.24) is 19.8 Å². The molecule has 0 saturated carbocycles. The molecule has 3 heterocycles. The molecule has 0 radical (unpaired) electrons. The van der Waals surface area contributed by atoms with E-state index < -0.39 is 0 Å². The number of para-hydroxylation sites is 1. The van der Waals surface area contributed by atoms with Crippen molar-refractivity contribution in [1.29, 1.82) is 0 Å². The number of benzene rings is 2. The van der Waals surface area contributed by atoms with Gasteiger partial charge in [0.05, 0.1) is 18.8 Å². The van der Waals surface area contributed by atoms with Crippen molar-refractivity contribution >= 4 is 23.5 Å². The number of aromatic nitrogens is 2. The third-order valence-electron chi connectivity index (χ3n) is 8.10. The number of aryl methyl sites for hydroxylation is 1. The minimum absolute atomic E-state index is 0.103. The molecule has 0 unspecified atom stereocenters. The van der Waals surface area contributed by atoms with Crippen LogP contribution in [0.25, 0.3) is 0 Å². The molecule has 222 valence electrons. The van der Waals surface area contributed by atoms with Crippen molar-refractivity contribution in [2.75, 3.05) is 62.3 Å². The van der Waals surface area contributed by atoms with E-state index in [1.165, 1.54) is 0 Å². The lowest BCUT2D eigenvalue weighted by atomic mass is 10.1. The normalized spacial score (nSPS) is 17.1. The molecule has 2 amide bonds. The van der Waals surface area contributed by atoms with Gasteiger partial charge < -0.3 is 19.4 Å². The van der Waals surface area contributed by atoms with Gasteiger partial charge in [-0.1, -0.05) is 48.5 Å². The van der Waals surface area contributed by atoms with E-state index in [9.17, 15) is 9.59 Å². The van der Waals surface area contributed by atoms with Crippen LogP contribution in [0, 0.1) is 0 Å². The molecule has 0 aliphatic carbocycles. The Morgan fingerprint density at radius 2 is 1.57 bits per heavy atom. The molecule has 1 fully saturated rings. The predicted molar refractivity (Wildman–Crippen MR) is 165 cm³/mol. The van der Waals surface area contributed by atoms with Crippen LogP contribution < -0.4 is 9.80 Å². The van der Waals surface area contributed by atoms with Gasteiger partial charge in [0.25, 0.3) is 5.91 Å². The lowest BCUT2D eigenvalue weighted by Crippen LogP contribution is -2.41. The molecular weight excluding hydrogens is 528 g/mol. The molecule has 1 saturated heterocycles. The predicted octanol–water partition coefficient (Wildman–Crippen LogP) is 4.04. The van der Waals surface area contributed by atoms with E-state index in [4.69, 9.17) is 4.74 Å². The second-order valence-corrected chi connectivity index (χ2v) is 11.2. The van der Waals surface area contributed by atoms with E-state index in [1.54, 1.807) is 12.4 Å². The third-order valence-corrected chi connectivity index (χ3v) is 8.10. The zero-order chi connectivity index (χ0) is 29.3. The van der Waals surface area contributed by atoms with Crippen LogP contribution in [0.3, 0.4) is 0 Å². The standard InChI is InChI=1S/C33H42N6O3/c1-26(2)36-15-8-16-39(31(40)14-13-27-9-4-3-5-10-27)30-12-7-6-11-28(30)25-38(18-17-36)32(41)29-23-34-33(35-24-29)37-19-21-42-22-20-37/h3-7,9-12,23-24,26H,8,13-22,25H2,1-2H3. The first kappa shape index (κ1) is 29.7. The van der Waals surface area contributed by atoms with Crippen LogP contribution in [-0.4, -0.2) is 90.1 Å². The van der Waals surface area contributed by atoms with E-state index in [0.29, 0.717) is 63.2 Å². The number of hydrogen-bond donors (Lipinski definition) is 0. The number of amides is 2. The van der Waals surface area contributed by atoms with E-state index >= 15 is 0 Å². The molecule has 0 N–H and O–H groups in total. The first-order chi connectivity index (χ1) is 20.5. The number of fused-ring (bicyclic) bond motifs is 1. The number of anilines is 2. The van der Waals surface area contributed by atoms with E-state index in [2.05, 4.69) is 45.7 Å². The lowest BCUT2D eigenvalue weighted by Gasteiger charge is -2.30. The van der Waals surface area contributed by atoms with Crippen molar-refractivity contribution in [2.45, 2.75) is 45.7 Å². The minimum Gasteiger partial charge on any atom is -0.378 e. The quantitative estimate of drug-likeness (QED) is 0.443. The Balaban J connectivity index is 1.39. The molecule has 1 aromatic heterocycles. The Kier molecular flexibility index (Phi) is 10.2. The maximum Gasteiger partial charge on any atom is 0.257 e. The summed E-state index contributed by atoms with van der Waals surface area (Å²) >= 11 is 0. The zero-order valence-corrected chi connectivity index (χ0v) is 24.8. The number of carbonyl (C=O) groups is 2. The number of carbonyl (C=O) groups excluding carboxylic acids is 2. The summed E-state index contributed by atoms with van der Waals surface area (Å²) in [6, 6.07) is 18.5. The Hall–Kier alpha value is -3.82. The molecule has 3 aromatic rings. The fourth-order valence-electron chi connectivity index (χ4n) is 5.63. The average Bonchev–Trinajstić information content (AvgIpc) is 3.07. The van der Waals surface area contributed by atoms with Gasteiger partial charge in [0.15, 0.2) is 0 Å². The zero-order valence-electron chi connectivity index (χ0n) is 24.8. The van der Waals surface area contributed by atoms with Crippen LogP contribution in [0.4, 0.5) is 11.6 Å². The van der Waals surface area contributed by atoms with Crippen molar-refractivity contribution < 1.29 is 14.3 Å². The molecule has 2 aliphatic heterocycles. The second-order valence-electron chi connectivity index (χ2n) is 11.2. The molecule has 9 nitrogen and oxygen atoms in total. The summed E-state index contributed by atoms with van der Waals surface area (Å²) in [5.74, 6) is 0.614. The first-order valence-corrected chi connectivity index (χ1v) is 15.1. The van der Waals surface area contributed by atoms with Gasteiger partial charge in [-0.3, -0.25) is 14.5 Å². The fraction of sp³-hybridized carbons (Fsp3) is 0.455. The fourth-order valence-corrected chi connectivity index (χ4v) is 5.63. The van der Waals surface area contributed by atoms with Gasteiger partial charge in [-0.25, -0.2) is 9.97 Å². The Labute approximate surface area is 249 Å². The molecule has 2 aromatic carbocycles. The van der Waals surface area contributed by atoms with Gasteiger partial charge in [0.1, 0.15) is 0 Å². The number of hydrogen-bond acceptors (Lipinski definition) is 7. The smallest absolute Gasteiger partial charge is 0.257 e. The van der Waals surface area contributed by atoms with Gasteiger partial charge in [0.2, 0.25) is 11.9 Å². The van der Waals surface area contributed by atoms with Crippen molar-refractivity contribution in [3.05, 3.63) is 83.7 Å². The maximum atomic E-state index is 13.9. The van der Waals surface area contributed by atoms with Gasteiger partial charge in [-0.05, 0) is 43.9 Å². The highest BCUT2D eigenvalue weighted by atomic mass is 16.5. The van der Waals surface area contributed by atoms with E-state index in [0.717, 1.165) is 49.4 Å². The molecule has 0 bridgehead atoms. The van der Waals surface area contributed by atoms with Gasteiger partial charge in [-0.2, -0.15) is 0 Å². The summed E-state index contributed by atoms with van der Waals surface area (Å²) in [5, 5.41) is 0. The highest BCUT2D eigenvalue weighted by Gasteiger charge is 2.25. The lowest BCUT2D eigenvalue weighted by molar-refractivity contribution is -0.118. The summed E-state index contributed by atoms with van der Waals surface area (Å²) in [5.41, 5.74) is 3.46. The van der Waals surface area contributed by atoms with Crippen LogP contribution in [0.2, 0.25) is 0 Å². The molecule has 0 spiro atoms. The minimum atomic E-state index is -0.108. The van der Waals surface area contributed by atoms with Gasteiger partial charge in [-0.15, -0.1) is 0 Å². The van der Waals surface area contributed by atoms with Crippen LogP contribution in [0.5, 0.6) is 0 Å². The molecule has 42 heavy (non-hydrogen) atoms. The molecular formula is C33H42N6O3. The largest absolute Gasteiger partial charge is 0.378 e. The average molecular weight is 571 g/mol. The summed E-state index contributed by atoms with van der Waals surface area (Å²) in [6.45, 7) is 10.3. The monoisotopic (exact) mass is 570 g/mol. The highest BCUT2D eigenvalue weighted by molar-refractivity contribution is 5.95. The van der Waals surface area contributed by atoms with Gasteiger partial charge >= 0.3 is 0 Å². The van der Waals surface area contributed by atoms with Crippen LogP contribution in [0.1, 0.15) is 48.2 Å². The van der Waals surface area contributed by atoms with Crippen LogP contribution in [-0.2, 0) is 22.5 Å². The summed E-state index contributed by atoms with van der Waals surface area (Å²) < 4.78 is 5.44. The molecule has 9 heteroatoms. The number of rotatable bonds is 6. The Morgan fingerprint density at radius 1 is 0.857 bits per heavy atom. The Morgan fingerprint density at radius 3 is 2.31 bits per heavy atom. The first-order valence-electron chi connectivity index (χ1n) is 15.1. The number of ether oxygens (including phenoxy) is 1. The summed E-state index contributed by atoms with van der Waals surface area (Å²) in [6.07, 6.45) is 5.26. The molecule has 5 rings (SSSR count). The summed E-state index contributed by atoms with van der Waals surface area (Å²) in [4.78, 5) is 44.9. The SMILES string of the molecule is CC(C)N1CCCN(C(=O)CCc2ccccc2)c2ccccc2CN(C(=O)c2cnc(N3CCOCC3)nc2)CC1.